The zero-order valence-electron chi connectivity index (χ0n) is 16.0. The minimum absolute atomic E-state index is 0.0560. The molecule has 0 saturated carbocycles. The number of carbonyl (C=O) groups excluding carboxylic acids is 2. The molecular weight excluding hydrogens is 417 g/mol. The Labute approximate surface area is 174 Å². The first-order valence-corrected chi connectivity index (χ1v) is 10.0. The molecule has 0 saturated heterocycles. The largest absolute Gasteiger partial charge is 0.416 e. The Morgan fingerprint density at radius 1 is 1.13 bits per heavy atom. The van der Waals surface area contributed by atoms with E-state index in [-0.39, 0.29) is 11.9 Å². The number of imidazole rings is 1. The molecule has 0 fully saturated rings. The lowest BCUT2D eigenvalue weighted by Gasteiger charge is -2.10. The predicted molar refractivity (Wildman–Crippen MR) is 108 cm³/mol. The Morgan fingerprint density at radius 3 is 2.53 bits per heavy atom. The Morgan fingerprint density at radius 2 is 1.87 bits per heavy atom. The number of nitrogens with zero attached hydrogens (tertiary/aromatic N) is 2. The highest BCUT2D eigenvalue weighted by molar-refractivity contribution is 7.99. The normalized spacial score (nSPS) is 11.5. The molecule has 0 aliphatic heterocycles. The van der Waals surface area contributed by atoms with Crippen LogP contribution in [0.5, 0.6) is 0 Å². The number of halogens is 3. The molecule has 3 aromatic rings. The van der Waals surface area contributed by atoms with Gasteiger partial charge in [0.25, 0.3) is 0 Å². The van der Waals surface area contributed by atoms with Gasteiger partial charge >= 0.3 is 12.2 Å². The van der Waals surface area contributed by atoms with Crippen molar-refractivity contribution in [3.8, 4) is 0 Å². The van der Waals surface area contributed by atoms with Gasteiger partial charge in [-0.1, -0.05) is 42.1 Å². The van der Waals surface area contributed by atoms with E-state index in [1.54, 1.807) is 0 Å². The molecular formula is C20H19F3N4O2S. The average Bonchev–Trinajstić information content (AvgIpc) is 3.04. The summed E-state index contributed by atoms with van der Waals surface area (Å²) in [6.07, 6.45) is -4.40. The van der Waals surface area contributed by atoms with E-state index in [4.69, 9.17) is 0 Å². The van der Waals surface area contributed by atoms with Crippen LogP contribution in [0.2, 0.25) is 0 Å². The number of thioether (sulfide) groups is 1. The molecule has 2 aromatic carbocycles. The van der Waals surface area contributed by atoms with Gasteiger partial charge in [0.05, 0.1) is 23.1 Å². The second kappa shape index (κ2) is 9.21. The van der Waals surface area contributed by atoms with Crippen molar-refractivity contribution >= 4 is 34.7 Å². The lowest BCUT2D eigenvalue weighted by molar-refractivity contribution is -0.137. The molecule has 0 aliphatic carbocycles. The summed E-state index contributed by atoms with van der Waals surface area (Å²) >= 11 is 1.25. The highest BCUT2D eigenvalue weighted by Gasteiger charge is 2.31. The van der Waals surface area contributed by atoms with Gasteiger partial charge in [0.2, 0.25) is 5.91 Å². The van der Waals surface area contributed by atoms with Crippen LogP contribution in [0, 0.1) is 0 Å². The minimum Gasteiger partial charge on any atom is -0.341 e. The van der Waals surface area contributed by atoms with Gasteiger partial charge < -0.3 is 9.88 Å². The van der Waals surface area contributed by atoms with Crippen LogP contribution in [0.3, 0.4) is 0 Å². The summed E-state index contributed by atoms with van der Waals surface area (Å²) in [7, 11) is 1.40. The van der Waals surface area contributed by atoms with Gasteiger partial charge in [-0.25, -0.2) is 9.78 Å². The zero-order chi connectivity index (χ0) is 21.7. The number of carbonyl (C=O) groups is 2. The molecule has 3 rings (SSSR count). The molecule has 158 valence electrons. The fraction of sp³-hybridized carbons (Fsp3) is 0.250. The topological polar surface area (TPSA) is 76.0 Å². The summed E-state index contributed by atoms with van der Waals surface area (Å²) in [6.45, 7) is 0.426. The Hall–Kier alpha value is -3.01. The molecule has 0 bridgehead atoms. The molecule has 0 spiro atoms. The highest BCUT2D eigenvalue weighted by atomic mass is 32.2. The van der Waals surface area contributed by atoms with E-state index in [0.717, 1.165) is 17.7 Å². The summed E-state index contributed by atoms with van der Waals surface area (Å²) in [4.78, 5) is 27.3. The third kappa shape index (κ3) is 5.32. The van der Waals surface area contributed by atoms with Crippen LogP contribution in [0.25, 0.3) is 11.0 Å². The number of hydrogen-bond donors (Lipinski definition) is 2. The molecule has 0 atom stereocenters. The Bertz CT molecular complexity index is 1050. The molecule has 30 heavy (non-hydrogen) atoms. The van der Waals surface area contributed by atoms with Crippen LogP contribution >= 0.6 is 11.8 Å². The van der Waals surface area contributed by atoms with E-state index in [9.17, 15) is 22.8 Å². The molecule has 0 unspecified atom stereocenters. The second-order valence-corrected chi connectivity index (χ2v) is 7.46. The quantitative estimate of drug-likeness (QED) is 0.572. The fourth-order valence-corrected chi connectivity index (χ4v) is 3.75. The number of amides is 3. The molecule has 0 aliphatic rings. The Balaban J connectivity index is 1.86. The number of hydrogen-bond acceptors (Lipinski definition) is 4. The van der Waals surface area contributed by atoms with Crippen LogP contribution < -0.4 is 10.6 Å². The van der Waals surface area contributed by atoms with Crippen molar-refractivity contribution in [3.05, 3.63) is 59.7 Å². The van der Waals surface area contributed by atoms with Crippen LogP contribution in [0.15, 0.2) is 53.7 Å². The van der Waals surface area contributed by atoms with Gasteiger partial charge in [-0.05, 0) is 23.8 Å². The summed E-state index contributed by atoms with van der Waals surface area (Å²) in [5.74, 6) is -0.139. The van der Waals surface area contributed by atoms with Crippen molar-refractivity contribution in [1.29, 1.82) is 0 Å². The summed E-state index contributed by atoms with van der Waals surface area (Å²) in [6, 6.07) is 12.4. The van der Waals surface area contributed by atoms with Crippen LogP contribution in [0.1, 0.15) is 17.5 Å². The standard InChI is InChI=1S/C20H19F3N4O2S/c1-24-18(29)26-17(28)9-10-30-19-25-15-11-14(20(21,22)23)7-8-16(15)27(19)12-13-5-3-2-4-6-13/h2-8,11H,9-10,12H2,1H3,(H2,24,26,28,29). The SMILES string of the molecule is CNC(=O)NC(=O)CCSc1nc2cc(C(F)(F)F)ccc2n1Cc1ccccc1. The van der Waals surface area contributed by atoms with Crippen molar-refractivity contribution in [2.24, 2.45) is 0 Å². The second-order valence-electron chi connectivity index (χ2n) is 6.39. The lowest BCUT2D eigenvalue weighted by Crippen LogP contribution is -2.37. The number of urea groups is 1. The van der Waals surface area contributed by atoms with E-state index in [1.165, 1.54) is 24.9 Å². The number of imide groups is 1. The number of aromatic nitrogens is 2. The first-order chi connectivity index (χ1) is 14.3. The van der Waals surface area contributed by atoms with E-state index < -0.39 is 23.7 Å². The van der Waals surface area contributed by atoms with Crippen LogP contribution in [0.4, 0.5) is 18.0 Å². The van der Waals surface area contributed by atoms with Crippen molar-refractivity contribution < 1.29 is 22.8 Å². The predicted octanol–water partition coefficient (Wildman–Crippen LogP) is 4.04. The third-order valence-corrected chi connectivity index (χ3v) is 5.24. The van der Waals surface area contributed by atoms with E-state index in [2.05, 4.69) is 15.6 Å². The number of alkyl halides is 3. The summed E-state index contributed by atoms with van der Waals surface area (Å²) in [5, 5.41) is 4.96. The van der Waals surface area contributed by atoms with Gasteiger partial charge in [-0.3, -0.25) is 10.1 Å². The first kappa shape index (κ1) is 21.7. The molecule has 1 heterocycles. The van der Waals surface area contributed by atoms with Crippen molar-refractivity contribution in [1.82, 2.24) is 20.2 Å². The van der Waals surface area contributed by atoms with E-state index >= 15 is 0 Å². The van der Waals surface area contributed by atoms with Crippen molar-refractivity contribution in [2.75, 3.05) is 12.8 Å². The van der Waals surface area contributed by atoms with E-state index in [0.29, 0.717) is 23.0 Å². The van der Waals surface area contributed by atoms with Crippen LogP contribution in [-0.2, 0) is 17.5 Å². The summed E-state index contributed by atoms with van der Waals surface area (Å²) in [5.41, 5.74) is 1.01. The average molecular weight is 436 g/mol. The molecule has 3 amide bonds. The van der Waals surface area contributed by atoms with Crippen molar-refractivity contribution in [3.63, 3.8) is 0 Å². The van der Waals surface area contributed by atoms with Gasteiger partial charge in [0.1, 0.15) is 0 Å². The van der Waals surface area contributed by atoms with Gasteiger partial charge in [-0.15, -0.1) is 0 Å². The molecule has 2 N–H and O–H groups in total. The maximum Gasteiger partial charge on any atom is 0.416 e. The smallest absolute Gasteiger partial charge is 0.341 e. The minimum atomic E-state index is -4.46. The zero-order valence-corrected chi connectivity index (χ0v) is 16.8. The van der Waals surface area contributed by atoms with Gasteiger partial charge in [0.15, 0.2) is 5.16 Å². The first-order valence-electron chi connectivity index (χ1n) is 9.03. The number of fused-ring (bicyclic) bond motifs is 1. The van der Waals surface area contributed by atoms with Gasteiger partial charge in [-0.2, -0.15) is 13.2 Å². The summed E-state index contributed by atoms with van der Waals surface area (Å²) < 4.78 is 41.1. The lowest BCUT2D eigenvalue weighted by atomic mass is 10.2. The molecule has 6 nitrogen and oxygen atoms in total. The maximum atomic E-state index is 13.1. The molecule has 0 radical (unpaired) electrons. The number of benzene rings is 2. The van der Waals surface area contributed by atoms with Gasteiger partial charge in [0, 0.05) is 19.2 Å². The maximum absolute atomic E-state index is 13.1. The third-order valence-electron chi connectivity index (χ3n) is 4.26. The van der Waals surface area contributed by atoms with E-state index in [1.807, 2.05) is 34.9 Å². The Kier molecular flexibility index (Phi) is 6.66. The highest BCUT2D eigenvalue weighted by Crippen LogP contribution is 2.33. The number of nitrogens with one attached hydrogen (secondary N) is 2. The molecule has 10 heteroatoms. The van der Waals surface area contributed by atoms with Crippen molar-refractivity contribution in [2.45, 2.75) is 24.3 Å². The fourth-order valence-electron chi connectivity index (χ4n) is 2.80. The monoisotopic (exact) mass is 436 g/mol. The number of rotatable bonds is 6. The van der Waals surface area contributed by atoms with Crippen LogP contribution in [-0.4, -0.2) is 34.3 Å². The molecule has 1 aromatic heterocycles.